The van der Waals surface area contributed by atoms with Crippen LogP contribution in [0.3, 0.4) is 0 Å². The van der Waals surface area contributed by atoms with Crippen LogP contribution < -0.4 is 0 Å². The van der Waals surface area contributed by atoms with Crippen molar-refractivity contribution in [3.63, 3.8) is 0 Å². The zero-order chi connectivity index (χ0) is 27.0. The first-order valence-corrected chi connectivity index (χ1v) is 12.0. The van der Waals surface area contributed by atoms with Crippen molar-refractivity contribution in [2.75, 3.05) is 13.3 Å². The summed E-state index contributed by atoms with van der Waals surface area (Å²) in [5.74, 6) is -0.674. The number of carbonyl (C=O) groups is 1. The van der Waals surface area contributed by atoms with Crippen LogP contribution in [0.1, 0.15) is 27.2 Å². The summed E-state index contributed by atoms with van der Waals surface area (Å²) in [5.41, 5.74) is -2.19. The summed E-state index contributed by atoms with van der Waals surface area (Å²) in [6.45, 7) is -0.498. The predicted molar refractivity (Wildman–Crippen MR) is 129 cm³/mol. The highest BCUT2D eigenvalue weighted by atomic mass is 32.2. The summed E-state index contributed by atoms with van der Waals surface area (Å²) in [6.07, 6.45) is -6.77. The number of alkyl halides is 6. The van der Waals surface area contributed by atoms with E-state index in [4.69, 9.17) is 0 Å². The largest absolute Gasteiger partial charge is 0.416 e. The van der Waals surface area contributed by atoms with Gasteiger partial charge in [-0.25, -0.2) is 9.97 Å². The fraction of sp³-hybridized carbons (Fsp3) is 0.192. The second-order valence-corrected chi connectivity index (χ2v) is 9.03. The van der Waals surface area contributed by atoms with Gasteiger partial charge in [0, 0.05) is 25.4 Å². The lowest BCUT2D eigenvalue weighted by molar-refractivity contribution is -0.143. The third-order valence-electron chi connectivity index (χ3n) is 5.63. The normalized spacial score (nSPS) is 12.1. The van der Waals surface area contributed by atoms with Crippen LogP contribution in [0.4, 0.5) is 26.3 Å². The van der Waals surface area contributed by atoms with Gasteiger partial charge in [-0.1, -0.05) is 48.2 Å². The van der Waals surface area contributed by atoms with E-state index >= 15 is 0 Å². The Morgan fingerprint density at radius 2 is 1.51 bits per heavy atom. The van der Waals surface area contributed by atoms with Crippen molar-refractivity contribution in [3.05, 3.63) is 89.2 Å². The van der Waals surface area contributed by atoms with Gasteiger partial charge >= 0.3 is 12.4 Å². The van der Waals surface area contributed by atoms with Crippen molar-refractivity contribution in [2.45, 2.75) is 24.1 Å². The number of aromatic nitrogens is 2. The molecule has 0 unspecified atom stereocenters. The van der Waals surface area contributed by atoms with E-state index in [9.17, 15) is 31.1 Å². The zero-order valence-corrected chi connectivity index (χ0v) is 20.3. The standard InChI is InChI=1S/C26H19F6N3OS/c1-35(14-15-9-19(25(27,28)29)12-20(10-15)26(30,31)32)23(36)22-21(13-33-24(34-22)37-2)18-8-7-16-5-3-4-6-17(16)11-18/h3-13H,14H2,1-2H3. The summed E-state index contributed by atoms with van der Waals surface area (Å²) in [6, 6.07) is 14.4. The van der Waals surface area contributed by atoms with Gasteiger partial charge in [-0.2, -0.15) is 26.3 Å². The van der Waals surface area contributed by atoms with Gasteiger partial charge in [-0.05, 0) is 52.4 Å². The molecule has 1 amide bonds. The van der Waals surface area contributed by atoms with Gasteiger partial charge < -0.3 is 4.90 Å². The van der Waals surface area contributed by atoms with Crippen molar-refractivity contribution < 1.29 is 31.1 Å². The Morgan fingerprint density at radius 1 is 0.892 bits per heavy atom. The van der Waals surface area contributed by atoms with Crippen molar-refractivity contribution in [2.24, 2.45) is 0 Å². The van der Waals surface area contributed by atoms with E-state index in [1.165, 1.54) is 25.0 Å². The van der Waals surface area contributed by atoms with Crippen LogP contribution >= 0.6 is 11.8 Å². The lowest BCUT2D eigenvalue weighted by Crippen LogP contribution is -2.28. The average Bonchev–Trinajstić information content (AvgIpc) is 2.86. The van der Waals surface area contributed by atoms with E-state index in [2.05, 4.69) is 9.97 Å². The lowest BCUT2D eigenvalue weighted by Gasteiger charge is -2.21. The highest BCUT2D eigenvalue weighted by Crippen LogP contribution is 2.37. The number of halogens is 6. The van der Waals surface area contributed by atoms with Crippen LogP contribution in [0.5, 0.6) is 0 Å². The maximum absolute atomic E-state index is 13.4. The Bertz CT molecular complexity index is 1440. The molecular weight excluding hydrogens is 516 g/mol. The number of amides is 1. The molecule has 1 heterocycles. The molecule has 4 aromatic rings. The minimum Gasteiger partial charge on any atom is -0.336 e. The van der Waals surface area contributed by atoms with Gasteiger partial charge in [-0.3, -0.25) is 4.79 Å². The van der Waals surface area contributed by atoms with Gasteiger partial charge in [0.05, 0.1) is 11.1 Å². The van der Waals surface area contributed by atoms with Gasteiger partial charge in [0.15, 0.2) is 5.16 Å². The van der Waals surface area contributed by atoms with Crippen LogP contribution in [0.25, 0.3) is 21.9 Å². The molecule has 4 nitrogen and oxygen atoms in total. The maximum atomic E-state index is 13.4. The van der Waals surface area contributed by atoms with E-state index < -0.39 is 35.9 Å². The summed E-state index contributed by atoms with van der Waals surface area (Å²) < 4.78 is 79.6. The average molecular weight is 536 g/mol. The molecule has 1 aromatic heterocycles. The number of nitrogens with zero attached hydrogens (tertiary/aromatic N) is 3. The topological polar surface area (TPSA) is 46.1 Å². The first kappa shape index (κ1) is 26.5. The monoisotopic (exact) mass is 535 g/mol. The molecule has 0 radical (unpaired) electrons. The molecule has 4 rings (SSSR count). The van der Waals surface area contributed by atoms with E-state index in [0.717, 1.165) is 15.7 Å². The number of hydrogen-bond acceptors (Lipinski definition) is 4. The summed E-state index contributed by atoms with van der Waals surface area (Å²) in [7, 11) is 1.29. The quantitative estimate of drug-likeness (QED) is 0.153. The Morgan fingerprint density at radius 3 is 2.11 bits per heavy atom. The fourth-order valence-corrected chi connectivity index (χ4v) is 4.17. The van der Waals surface area contributed by atoms with E-state index in [1.54, 1.807) is 12.3 Å². The van der Waals surface area contributed by atoms with E-state index in [1.807, 2.05) is 36.4 Å². The maximum Gasteiger partial charge on any atom is 0.416 e. The zero-order valence-electron chi connectivity index (χ0n) is 19.5. The molecule has 0 spiro atoms. The Balaban J connectivity index is 1.73. The van der Waals surface area contributed by atoms with Crippen LogP contribution in [-0.4, -0.2) is 34.1 Å². The molecule has 0 saturated heterocycles. The second kappa shape index (κ2) is 10.0. The van der Waals surface area contributed by atoms with Crippen molar-refractivity contribution in [3.8, 4) is 11.1 Å². The summed E-state index contributed by atoms with van der Waals surface area (Å²) in [4.78, 5) is 23.0. The van der Waals surface area contributed by atoms with Crippen molar-refractivity contribution >= 4 is 28.4 Å². The van der Waals surface area contributed by atoms with Crippen molar-refractivity contribution in [1.29, 1.82) is 0 Å². The van der Waals surface area contributed by atoms with E-state index in [-0.39, 0.29) is 17.3 Å². The fourth-order valence-electron chi connectivity index (χ4n) is 3.83. The van der Waals surface area contributed by atoms with Crippen LogP contribution in [0.2, 0.25) is 0 Å². The summed E-state index contributed by atoms with van der Waals surface area (Å²) in [5, 5.41) is 2.17. The molecule has 0 N–H and O–H groups in total. The minimum absolute atomic E-state index is 0.0137. The number of thioether (sulfide) groups is 1. The third kappa shape index (κ3) is 5.87. The summed E-state index contributed by atoms with van der Waals surface area (Å²) >= 11 is 1.19. The Kier molecular flexibility index (Phi) is 7.18. The molecule has 0 aliphatic heterocycles. The van der Waals surface area contributed by atoms with Gasteiger partial charge in [0.1, 0.15) is 5.69 Å². The van der Waals surface area contributed by atoms with Crippen LogP contribution in [0.15, 0.2) is 72.0 Å². The molecule has 0 atom stereocenters. The molecule has 37 heavy (non-hydrogen) atoms. The second-order valence-electron chi connectivity index (χ2n) is 8.26. The van der Waals surface area contributed by atoms with Gasteiger partial charge in [0.2, 0.25) is 0 Å². The third-order valence-corrected chi connectivity index (χ3v) is 6.19. The molecule has 0 bridgehead atoms. The van der Waals surface area contributed by atoms with Gasteiger partial charge in [-0.15, -0.1) is 0 Å². The highest BCUT2D eigenvalue weighted by Gasteiger charge is 2.37. The van der Waals surface area contributed by atoms with Gasteiger partial charge in [0.25, 0.3) is 5.91 Å². The molecule has 0 saturated carbocycles. The molecule has 192 valence electrons. The number of hydrogen-bond donors (Lipinski definition) is 0. The SMILES string of the molecule is CSc1ncc(-c2ccc3ccccc3c2)c(C(=O)N(C)Cc2cc(C(F)(F)F)cc(C(F)(F)F)c2)n1. The smallest absolute Gasteiger partial charge is 0.336 e. The molecule has 3 aromatic carbocycles. The highest BCUT2D eigenvalue weighted by molar-refractivity contribution is 7.98. The minimum atomic E-state index is -4.98. The Hall–Kier alpha value is -3.60. The van der Waals surface area contributed by atoms with Crippen molar-refractivity contribution in [1.82, 2.24) is 14.9 Å². The first-order chi connectivity index (χ1) is 17.4. The van der Waals surface area contributed by atoms with Crippen LogP contribution in [-0.2, 0) is 18.9 Å². The van der Waals surface area contributed by atoms with E-state index in [0.29, 0.717) is 28.4 Å². The Labute approximate surface area is 212 Å². The molecule has 0 aliphatic rings. The van der Waals surface area contributed by atoms with Crippen LogP contribution in [0, 0.1) is 0 Å². The predicted octanol–water partition coefficient (Wildman–Crippen LogP) is 7.33. The number of benzene rings is 3. The number of rotatable bonds is 5. The first-order valence-electron chi connectivity index (χ1n) is 10.8. The molecule has 0 fully saturated rings. The lowest BCUT2D eigenvalue weighted by atomic mass is 10.0. The molecular formula is C26H19F6N3OS. The number of carbonyl (C=O) groups excluding carboxylic acids is 1. The number of fused-ring (bicyclic) bond motifs is 1. The molecule has 11 heteroatoms. The molecule has 0 aliphatic carbocycles.